The molecule has 0 saturated heterocycles. The van der Waals surface area contributed by atoms with E-state index < -0.39 is 0 Å². The number of aromatic nitrogens is 9. The molecule has 0 atom stereocenters. The molecule has 0 amide bonds. The lowest BCUT2D eigenvalue weighted by Crippen LogP contribution is -2.00. The third-order valence-electron chi connectivity index (χ3n) is 24.9. The first-order valence-corrected chi connectivity index (χ1v) is 45.2. The second-order valence-corrected chi connectivity index (χ2v) is 34.0. The molecule has 0 unspecified atom stereocenters. The standard InChI is InChI=1S/C43H27N3S.C41H25N3O.C37H23N3O/c1-3-11-28(12-4-1)29-19-21-31(22-20-29)42-44-41(30-13-5-2-6-14-30)45-43(46-42)38-26-25-33(34-15-7-8-16-35(34)38)32-23-24-37-36-17-9-10-18-39(36)47-40(37)27-32;1-2-11-27(12-3-1)39-42-40(30-19-18-26-10-4-5-13-28(26)24-30)44-41(43-39)35-22-21-31(32-14-6-7-15-33(32)35)29-20-23-38-36(25-29)34-16-8-9-17-37(34)45-38;1-3-11-24(12-4-1)35-38-36(25-13-5-2-6-14-25)40-37(39-35)31-21-20-27(28-15-7-8-16-29(28)31)26-19-22-34-32(23-26)30-17-9-10-18-33(30)41-34/h1-27H;1-25H;1-23H. The van der Waals surface area contributed by atoms with Crippen molar-refractivity contribution in [1.29, 1.82) is 0 Å². The van der Waals surface area contributed by atoms with Gasteiger partial charge < -0.3 is 8.83 Å². The molecular weight excluding hydrogens is 1640 g/mol. The van der Waals surface area contributed by atoms with Crippen LogP contribution in [0.25, 0.3) is 254 Å². The van der Waals surface area contributed by atoms with Gasteiger partial charge in [-0.05, 0) is 160 Å². The number of thiophene rings is 1. The van der Waals surface area contributed by atoms with Crippen LogP contribution in [0.5, 0.6) is 0 Å². The molecule has 20 aromatic carbocycles. The summed E-state index contributed by atoms with van der Waals surface area (Å²) in [6.07, 6.45) is 0. The molecule has 0 bridgehead atoms. The highest BCUT2D eigenvalue weighted by Gasteiger charge is 2.23. The van der Waals surface area contributed by atoms with Gasteiger partial charge in [0.2, 0.25) is 0 Å². The lowest BCUT2D eigenvalue weighted by atomic mass is 9.94. The van der Waals surface area contributed by atoms with Crippen LogP contribution in [0.4, 0.5) is 0 Å². The van der Waals surface area contributed by atoms with Gasteiger partial charge in [0.1, 0.15) is 22.3 Å². The number of fused-ring (bicyclic) bond motifs is 13. The number of rotatable bonds is 13. The zero-order valence-electron chi connectivity index (χ0n) is 71.6. The Hall–Kier alpha value is -17.7. The van der Waals surface area contributed by atoms with Crippen molar-refractivity contribution < 1.29 is 8.83 Å². The summed E-state index contributed by atoms with van der Waals surface area (Å²) in [5.41, 5.74) is 21.5. The van der Waals surface area contributed by atoms with Gasteiger partial charge in [-0.25, -0.2) is 44.9 Å². The summed E-state index contributed by atoms with van der Waals surface area (Å²) in [4.78, 5) is 45.1. The summed E-state index contributed by atoms with van der Waals surface area (Å²) in [5, 5.41) is 16.1. The van der Waals surface area contributed by atoms with Gasteiger partial charge in [-0.2, -0.15) is 0 Å². The number of hydrogen-bond donors (Lipinski definition) is 0. The molecule has 6 aromatic heterocycles. The van der Waals surface area contributed by atoms with Crippen LogP contribution in [0.1, 0.15) is 0 Å². The van der Waals surface area contributed by atoms with Crippen molar-refractivity contribution in [3.05, 3.63) is 455 Å². The van der Waals surface area contributed by atoms with Crippen molar-refractivity contribution in [3.8, 4) is 147 Å². The van der Waals surface area contributed by atoms with Crippen LogP contribution in [0.3, 0.4) is 0 Å². The van der Waals surface area contributed by atoms with Crippen LogP contribution in [-0.4, -0.2) is 44.9 Å². The topological polar surface area (TPSA) is 142 Å². The summed E-state index contributed by atoms with van der Waals surface area (Å²) >= 11 is 1.85. The largest absolute Gasteiger partial charge is 0.456 e. The van der Waals surface area contributed by atoms with Crippen molar-refractivity contribution in [2.24, 2.45) is 0 Å². The van der Waals surface area contributed by atoms with E-state index in [9.17, 15) is 0 Å². The van der Waals surface area contributed by atoms with Gasteiger partial charge in [-0.3, -0.25) is 0 Å². The fourth-order valence-corrected chi connectivity index (χ4v) is 19.4. The number of furan rings is 2. The molecule has 0 N–H and O–H groups in total. The van der Waals surface area contributed by atoms with E-state index in [1.165, 1.54) is 47.6 Å². The molecule has 622 valence electrons. The fraction of sp³-hybridized carbons (Fsp3) is 0. The van der Waals surface area contributed by atoms with E-state index in [4.69, 9.17) is 53.7 Å². The van der Waals surface area contributed by atoms with Gasteiger partial charge in [0.15, 0.2) is 52.4 Å². The molecule has 133 heavy (non-hydrogen) atoms. The molecule has 12 heteroatoms. The molecule has 26 rings (SSSR count). The SMILES string of the molecule is c1ccc(-c2ccc(-c3nc(-c4ccccc4)nc(-c4ccc(-c5ccc6c(c5)sc5ccccc56)c5ccccc45)n3)cc2)cc1.c1ccc(-c2nc(-c3ccc4ccccc4c3)nc(-c3ccc(-c4ccc5oc6ccccc6c5c4)c4ccccc34)n2)cc1.c1ccc(-c2nc(-c3ccccc3)nc(-c3ccc(-c4ccc5oc6ccccc6c5c4)c4ccccc34)n2)cc1. The van der Waals surface area contributed by atoms with Gasteiger partial charge in [0, 0.05) is 91.8 Å². The molecule has 6 heterocycles. The molecule has 11 nitrogen and oxygen atoms in total. The lowest BCUT2D eigenvalue weighted by Gasteiger charge is -2.13. The Morgan fingerprint density at radius 1 is 0.135 bits per heavy atom. The summed E-state index contributed by atoms with van der Waals surface area (Å²) in [5.74, 6) is 5.86. The minimum atomic E-state index is 0.644. The lowest BCUT2D eigenvalue weighted by molar-refractivity contribution is 0.668. The maximum Gasteiger partial charge on any atom is 0.164 e. The number of nitrogens with zero attached hydrogens (tertiary/aromatic N) is 9. The van der Waals surface area contributed by atoms with Gasteiger partial charge in [0.05, 0.1) is 0 Å². The first-order chi connectivity index (χ1) is 65.9. The molecule has 0 fully saturated rings. The molecular formula is C121H75N9O2S. The average Bonchev–Trinajstić information content (AvgIpc) is 1.74. The third kappa shape index (κ3) is 15.2. The van der Waals surface area contributed by atoms with Crippen molar-refractivity contribution >= 4 is 118 Å². The van der Waals surface area contributed by atoms with E-state index in [2.05, 4.69) is 303 Å². The minimum Gasteiger partial charge on any atom is -0.456 e. The second-order valence-electron chi connectivity index (χ2n) is 32.9. The molecule has 0 radical (unpaired) electrons. The number of benzene rings is 20. The van der Waals surface area contributed by atoms with Crippen molar-refractivity contribution in [2.45, 2.75) is 0 Å². The van der Waals surface area contributed by atoms with Crippen molar-refractivity contribution in [1.82, 2.24) is 44.9 Å². The highest BCUT2D eigenvalue weighted by Crippen LogP contribution is 2.45. The smallest absolute Gasteiger partial charge is 0.164 e. The Morgan fingerprint density at radius 2 is 0.398 bits per heavy atom. The van der Waals surface area contributed by atoms with E-state index in [1.807, 2.05) is 163 Å². The van der Waals surface area contributed by atoms with E-state index >= 15 is 0 Å². The second kappa shape index (κ2) is 34.1. The Kier molecular flexibility index (Phi) is 20.2. The molecule has 0 aliphatic heterocycles. The van der Waals surface area contributed by atoms with Gasteiger partial charge in [0.25, 0.3) is 0 Å². The maximum absolute atomic E-state index is 6.10. The highest BCUT2D eigenvalue weighted by atomic mass is 32.1. The Balaban J connectivity index is 0.000000110. The van der Waals surface area contributed by atoms with Crippen LogP contribution in [-0.2, 0) is 0 Å². The van der Waals surface area contributed by atoms with Gasteiger partial charge in [-0.15, -0.1) is 11.3 Å². The molecule has 26 aromatic rings. The normalized spacial score (nSPS) is 11.5. The maximum atomic E-state index is 6.10. The van der Waals surface area contributed by atoms with Crippen LogP contribution in [0, 0.1) is 0 Å². The summed E-state index contributed by atoms with van der Waals surface area (Å²) in [6, 6.07) is 157. The fourth-order valence-electron chi connectivity index (χ4n) is 18.3. The van der Waals surface area contributed by atoms with Gasteiger partial charge in [-0.1, -0.05) is 382 Å². The summed E-state index contributed by atoms with van der Waals surface area (Å²) < 4.78 is 14.8. The van der Waals surface area contributed by atoms with Gasteiger partial charge >= 0.3 is 0 Å². The van der Waals surface area contributed by atoms with Crippen molar-refractivity contribution in [3.63, 3.8) is 0 Å². The Bertz CT molecular complexity index is 8900. The van der Waals surface area contributed by atoms with Crippen molar-refractivity contribution in [2.75, 3.05) is 0 Å². The number of hydrogen-bond acceptors (Lipinski definition) is 12. The predicted molar refractivity (Wildman–Crippen MR) is 548 cm³/mol. The summed E-state index contributed by atoms with van der Waals surface area (Å²) in [7, 11) is 0. The first-order valence-electron chi connectivity index (χ1n) is 44.4. The minimum absolute atomic E-state index is 0.644. The molecule has 0 spiro atoms. The molecule has 0 saturated carbocycles. The van der Waals surface area contributed by atoms with E-state index in [0.717, 1.165) is 154 Å². The van der Waals surface area contributed by atoms with Crippen LogP contribution in [0.15, 0.2) is 464 Å². The first kappa shape index (κ1) is 78.7. The van der Waals surface area contributed by atoms with E-state index in [1.54, 1.807) is 0 Å². The highest BCUT2D eigenvalue weighted by molar-refractivity contribution is 7.25. The van der Waals surface area contributed by atoms with E-state index in [-0.39, 0.29) is 0 Å². The molecule has 0 aliphatic rings. The summed E-state index contributed by atoms with van der Waals surface area (Å²) in [6.45, 7) is 0. The predicted octanol–water partition coefficient (Wildman–Crippen LogP) is 32.1. The van der Waals surface area contributed by atoms with Crippen LogP contribution in [0.2, 0.25) is 0 Å². The van der Waals surface area contributed by atoms with E-state index in [0.29, 0.717) is 52.4 Å². The number of para-hydroxylation sites is 2. The molecule has 0 aliphatic carbocycles. The average molecular weight is 1720 g/mol. The Morgan fingerprint density at radius 3 is 0.820 bits per heavy atom. The Labute approximate surface area is 768 Å². The van der Waals surface area contributed by atoms with Crippen LogP contribution < -0.4 is 0 Å². The van der Waals surface area contributed by atoms with Crippen LogP contribution >= 0.6 is 11.3 Å². The monoisotopic (exact) mass is 1720 g/mol. The quantitative estimate of drug-likeness (QED) is 0.109. The zero-order valence-corrected chi connectivity index (χ0v) is 72.4. The zero-order chi connectivity index (χ0) is 88.1. The third-order valence-corrected chi connectivity index (χ3v) is 26.0.